The summed E-state index contributed by atoms with van der Waals surface area (Å²) in [5.74, 6) is 0.959. The van der Waals surface area contributed by atoms with Crippen LogP contribution in [0.15, 0.2) is 42.7 Å². The number of halogens is 1. The first kappa shape index (κ1) is 18.9. The number of imidazole rings is 1. The Morgan fingerprint density at radius 2 is 2.14 bits per heavy atom. The van der Waals surface area contributed by atoms with Crippen molar-refractivity contribution in [2.45, 2.75) is 31.7 Å². The molecular formula is C21H24ClN5O. The number of aryl methyl sites for hydroxylation is 1. The fraction of sp³-hybridized carbons (Fsp3) is 0.381. The van der Waals surface area contributed by atoms with Gasteiger partial charge in [-0.2, -0.15) is 0 Å². The topological polar surface area (TPSA) is 73.9 Å². The molecule has 1 aliphatic heterocycles. The molecule has 2 N–H and O–H groups in total. The molecule has 1 amide bonds. The molecular weight excluding hydrogens is 374 g/mol. The molecule has 0 aliphatic carbocycles. The number of benzene rings is 1. The number of aromatic nitrogens is 3. The van der Waals surface area contributed by atoms with Crippen molar-refractivity contribution in [2.75, 3.05) is 19.6 Å². The molecule has 2 aromatic heterocycles. The number of amides is 1. The van der Waals surface area contributed by atoms with Gasteiger partial charge in [0.2, 0.25) is 5.91 Å². The van der Waals surface area contributed by atoms with Gasteiger partial charge in [-0.05, 0) is 62.2 Å². The number of carbonyl (C=O) groups excluding carboxylic acids is 1. The number of carbonyl (C=O) groups is 1. The van der Waals surface area contributed by atoms with Gasteiger partial charge < -0.3 is 10.3 Å². The summed E-state index contributed by atoms with van der Waals surface area (Å²) in [5, 5.41) is 3.79. The van der Waals surface area contributed by atoms with Gasteiger partial charge in [-0.15, -0.1) is 0 Å². The number of hydrogen-bond acceptors (Lipinski definition) is 4. The number of rotatable bonds is 7. The zero-order chi connectivity index (χ0) is 19.3. The van der Waals surface area contributed by atoms with Gasteiger partial charge in [0.15, 0.2) is 0 Å². The normalized spacial score (nSPS) is 15.8. The van der Waals surface area contributed by atoms with E-state index in [9.17, 15) is 4.79 Å². The van der Waals surface area contributed by atoms with E-state index in [1.54, 1.807) is 12.4 Å². The van der Waals surface area contributed by atoms with Gasteiger partial charge in [0, 0.05) is 30.4 Å². The highest BCUT2D eigenvalue weighted by Crippen LogP contribution is 2.24. The van der Waals surface area contributed by atoms with Crippen LogP contribution in [0, 0.1) is 0 Å². The maximum Gasteiger partial charge on any atom is 0.242 e. The van der Waals surface area contributed by atoms with Crippen molar-refractivity contribution in [1.82, 2.24) is 25.2 Å². The van der Waals surface area contributed by atoms with Gasteiger partial charge in [-0.3, -0.25) is 14.7 Å². The summed E-state index contributed by atoms with van der Waals surface area (Å²) < 4.78 is 0. The van der Waals surface area contributed by atoms with Crippen molar-refractivity contribution in [3.63, 3.8) is 0 Å². The van der Waals surface area contributed by atoms with Crippen molar-refractivity contribution in [3.8, 4) is 0 Å². The Labute approximate surface area is 169 Å². The number of likely N-dealkylation sites (tertiary alicyclic amines) is 1. The van der Waals surface area contributed by atoms with E-state index in [4.69, 9.17) is 11.6 Å². The van der Waals surface area contributed by atoms with Crippen molar-refractivity contribution in [2.24, 2.45) is 0 Å². The molecule has 3 aromatic rings. The first-order valence-electron chi connectivity index (χ1n) is 9.76. The lowest BCUT2D eigenvalue weighted by Crippen LogP contribution is -2.39. The minimum Gasteiger partial charge on any atom is -0.354 e. The summed E-state index contributed by atoms with van der Waals surface area (Å²) in [7, 11) is 0. The summed E-state index contributed by atoms with van der Waals surface area (Å²) in [6, 6.07) is 9.24. The summed E-state index contributed by atoms with van der Waals surface area (Å²) in [5.41, 5.74) is 2.81. The average molecular weight is 398 g/mol. The first-order valence-corrected chi connectivity index (χ1v) is 10.1. The Kier molecular flexibility index (Phi) is 5.88. The van der Waals surface area contributed by atoms with Crippen LogP contribution in [-0.2, 0) is 11.2 Å². The van der Waals surface area contributed by atoms with Crippen LogP contribution in [0.3, 0.4) is 0 Å². The molecule has 1 unspecified atom stereocenters. The minimum absolute atomic E-state index is 0.0475. The van der Waals surface area contributed by atoms with Crippen LogP contribution in [0.4, 0.5) is 0 Å². The molecule has 0 spiro atoms. The van der Waals surface area contributed by atoms with Crippen LogP contribution < -0.4 is 5.32 Å². The molecule has 6 nitrogen and oxygen atoms in total. The van der Waals surface area contributed by atoms with Crippen molar-refractivity contribution in [1.29, 1.82) is 0 Å². The summed E-state index contributed by atoms with van der Waals surface area (Å²) in [6.45, 7) is 2.52. The molecule has 0 saturated carbocycles. The molecule has 7 heteroatoms. The van der Waals surface area contributed by atoms with E-state index in [2.05, 4.69) is 25.2 Å². The van der Waals surface area contributed by atoms with E-state index in [0.29, 0.717) is 11.6 Å². The SMILES string of the molecule is O=C(NCCCc1nc2ccc(Cl)cc2[nH]1)C(c1cccnc1)N1CCCC1. The lowest BCUT2D eigenvalue weighted by atomic mass is 10.1. The zero-order valence-electron chi connectivity index (χ0n) is 15.7. The smallest absolute Gasteiger partial charge is 0.242 e. The largest absolute Gasteiger partial charge is 0.354 e. The second-order valence-corrected chi connectivity index (χ2v) is 7.61. The maximum atomic E-state index is 12.9. The highest BCUT2D eigenvalue weighted by molar-refractivity contribution is 6.31. The quantitative estimate of drug-likeness (QED) is 0.598. The van der Waals surface area contributed by atoms with Gasteiger partial charge in [-0.25, -0.2) is 4.98 Å². The third kappa shape index (κ3) is 4.34. The van der Waals surface area contributed by atoms with E-state index in [0.717, 1.165) is 61.2 Å². The van der Waals surface area contributed by atoms with Crippen molar-refractivity contribution in [3.05, 3.63) is 59.1 Å². The maximum absolute atomic E-state index is 12.9. The molecule has 1 aromatic carbocycles. The fourth-order valence-electron chi connectivity index (χ4n) is 3.78. The zero-order valence-corrected chi connectivity index (χ0v) is 16.5. The molecule has 0 bridgehead atoms. The molecule has 28 heavy (non-hydrogen) atoms. The Hall–Kier alpha value is -2.44. The summed E-state index contributed by atoms with van der Waals surface area (Å²) in [6.07, 6.45) is 7.40. The lowest BCUT2D eigenvalue weighted by Gasteiger charge is -2.26. The summed E-state index contributed by atoms with van der Waals surface area (Å²) in [4.78, 5) is 27.2. The van der Waals surface area contributed by atoms with Crippen LogP contribution in [0.5, 0.6) is 0 Å². The number of aromatic amines is 1. The second kappa shape index (κ2) is 8.71. The van der Waals surface area contributed by atoms with Crippen LogP contribution >= 0.6 is 11.6 Å². The van der Waals surface area contributed by atoms with E-state index >= 15 is 0 Å². The molecule has 1 atom stereocenters. The molecule has 1 fully saturated rings. The Morgan fingerprint density at radius 1 is 1.29 bits per heavy atom. The number of nitrogens with one attached hydrogen (secondary N) is 2. The highest BCUT2D eigenvalue weighted by Gasteiger charge is 2.29. The van der Waals surface area contributed by atoms with Gasteiger partial charge in [0.05, 0.1) is 11.0 Å². The monoisotopic (exact) mass is 397 g/mol. The molecule has 0 radical (unpaired) electrons. The third-order valence-corrected chi connectivity index (χ3v) is 5.37. The van der Waals surface area contributed by atoms with Crippen LogP contribution in [-0.4, -0.2) is 45.4 Å². The van der Waals surface area contributed by atoms with E-state index in [1.807, 2.05) is 30.3 Å². The minimum atomic E-state index is -0.260. The second-order valence-electron chi connectivity index (χ2n) is 7.17. The number of fused-ring (bicyclic) bond motifs is 1. The van der Waals surface area contributed by atoms with Crippen LogP contribution in [0.25, 0.3) is 11.0 Å². The number of nitrogens with zero attached hydrogens (tertiary/aromatic N) is 3. The Balaban J connectivity index is 1.34. The Morgan fingerprint density at radius 3 is 2.93 bits per heavy atom. The predicted octanol–water partition coefficient (Wildman–Crippen LogP) is 3.50. The third-order valence-electron chi connectivity index (χ3n) is 5.14. The first-order chi connectivity index (χ1) is 13.7. The lowest BCUT2D eigenvalue weighted by molar-refractivity contribution is -0.126. The van der Waals surface area contributed by atoms with E-state index < -0.39 is 0 Å². The average Bonchev–Trinajstić information content (AvgIpc) is 3.36. The summed E-state index contributed by atoms with van der Waals surface area (Å²) >= 11 is 6.02. The van der Waals surface area contributed by atoms with Gasteiger partial charge >= 0.3 is 0 Å². The molecule has 4 rings (SSSR count). The number of pyridine rings is 1. The van der Waals surface area contributed by atoms with E-state index in [1.165, 1.54) is 0 Å². The fourth-order valence-corrected chi connectivity index (χ4v) is 3.95. The Bertz CT molecular complexity index is 936. The van der Waals surface area contributed by atoms with Gasteiger partial charge in [0.1, 0.15) is 11.9 Å². The van der Waals surface area contributed by atoms with E-state index in [-0.39, 0.29) is 11.9 Å². The highest BCUT2D eigenvalue weighted by atomic mass is 35.5. The van der Waals surface area contributed by atoms with Crippen molar-refractivity contribution < 1.29 is 4.79 Å². The molecule has 1 aliphatic rings. The molecule has 146 valence electrons. The standard InChI is InChI=1S/C21H24ClN5O/c22-16-7-8-17-18(13-16)26-19(25-17)6-4-10-24-21(28)20(27-11-1-2-12-27)15-5-3-9-23-14-15/h3,5,7-9,13-14,20H,1-2,4,6,10-12H2,(H,24,28)(H,25,26). The molecule has 1 saturated heterocycles. The number of H-pyrrole nitrogens is 1. The van der Waals surface area contributed by atoms with Gasteiger partial charge in [0.25, 0.3) is 0 Å². The number of hydrogen-bond donors (Lipinski definition) is 2. The van der Waals surface area contributed by atoms with Crippen molar-refractivity contribution >= 4 is 28.5 Å². The molecule has 3 heterocycles. The van der Waals surface area contributed by atoms with Crippen LogP contribution in [0.2, 0.25) is 5.02 Å². The van der Waals surface area contributed by atoms with Crippen LogP contribution in [0.1, 0.15) is 36.7 Å². The van der Waals surface area contributed by atoms with Gasteiger partial charge in [-0.1, -0.05) is 17.7 Å². The predicted molar refractivity (Wildman–Crippen MR) is 110 cm³/mol.